The van der Waals surface area contributed by atoms with Crippen molar-refractivity contribution in [3.8, 4) is 0 Å². The molecule has 1 aliphatic heterocycles. The molecule has 5 heteroatoms. The van der Waals surface area contributed by atoms with Gasteiger partial charge in [-0.3, -0.25) is 9.59 Å². The lowest BCUT2D eigenvalue weighted by atomic mass is 9.91. The quantitative estimate of drug-likeness (QED) is 0.693. The van der Waals surface area contributed by atoms with Crippen LogP contribution in [0.5, 0.6) is 0 Å². The average Bonchev–Trinajstić information content (AvgIpc) is 3.11. The van der Waals surface area contributed by atoms with Gasteiger partial charge in [0.1, 0.15) is 6.04 Å². The van der Waals surface area contributed by atoms with E-state index >= 15 is 0 Å². The van der Waals surface area contributed by atoms with Gasteiger partial charge in [-0.05, 0) is 50.1 Å². The number of nitrogens with one attached hydrogen (secondary N) is 3. The lowest BCUT2D eigenvalue weighted by molar-refractivity contribution is -0.130. The highest BCUT2D eigenvalue weighted by Crippen LogP contribution is 2.58. The minimum atomic E-state index is -0.396. The van der Waals surface area contributed by atoms with Crippen LogP contribution < -0.4 is 16.0 Å². The molecule has 0 aromatic heterocycles. The highest BCUT2D eigenvalue weighted by atomic mass is 16.2. The van der Waals surface area contributed by atoms with Crippen molar-refractivity contribution in [1.29, 1.82) is 0 Å². The van der Waals surface area contributed by atoms with Crippen LogP contribution in [0.25, 0.3) is 0 Å². The second kappa shape index (κ2) is 6.12. The highest BCUT2D eigenvalue weighted by molar-refractivity contribution is 5.89. The molecule has 2 atom stereocenters. The molecule has 20 heavy (non-hydrogen) atoms. The van der Waals surface area contributed by atoms with Crippen molar-refractivity contribution >= 4 is 11.8 Å². The molecular formula is C15H27N3O2. The van der Waals surface area contributed by atoms with E-state index in [0.717, 1.165) is 32.4 Å². The number of amides is 2. The van der Waals surface area contributed by atoms with Crippen molar-refractivity contribution in [1.82, 2.24) is 16.0 Å². The van der Waals surface area contributed by atoms with Gasteiger partial charge < -0.3 is 16.0 Å². The SMILES string of the molecule is CNC(=O)C(CC(C)C)NC(=O)C1CC12CCNCC2. The van der Waals surface area contributed by atoms with Crippen LogP contribution in [-0.4, -0.2) is 38.0 Å². The van der Waals surface area contributed by atoms with Crippen molar-refractivity contribution in [2.75, 3.05) is 20.1 Å². The molecule has 1 saturated heterocycles. The number of piperidine rings is 1. The topological polar surface area (TPSA) is 70.2 Å². The zero-order valence-corrected chi connectivity index (χ0v) is 12.8. The second-order valence-electron chi connectivity index (χ2n) is 6.67. The summed E-state index contributed by atoms with van der Waals surface area (Å²) in [6.45, 7) is 6.14. The third kappa shape index (κ3) is 3.32. The fourth-order valence-electron chi connectivity index (χ4n) is 3.35. The van der Waals surface area contributed by atoms with E-state index in [1.54, 1.807) is 7.05 Å². The number of likely N-dealkylation sites (N-methyl/N-ethyl adjacent to an activating group) is 1. The lowest BCUT2D eigenvalue weighted by Gasteiger charge is -2.24. The maximum absolute atomic E-state index is 12.4. The van der Waals surface area contributed by atoms with E-state index in [9.17, 15) is 9.59 Å². The molecule has 0 aromatic rings. The zero-order chi connectivity index (χ0) is 14.8. The Morgan fingerprint density at radius 2 is 1.95 bits per heavy atom. The van der Waals surface area contributed by atoms with E-state index < -0.39 is 6.04 Å². The fourth-order valence-corrected chi connectivity index (χ4v) is 3.35. The summed E-state index contributed by atoms with van der Waals surface area (Å²) < 4.78 is 0. The Labute approximate surface area is 121 Å². The van der Waals surface area contributed by atoms with Gasteiger partial charge in [0.2, 0.25) is 11.8 Å². The first kappa shape index (κ1) is 15.3. The third-order valence-electron chi connectivity index (χ3n) is 4.69. The Morgan fingerprint density at radius 1 is 1.30 bits per heavy atom. The molecule has 2 fully saturated rings. The van der Waals surface area contributed by atoms with Gasteiger partial charge in [-0.25, -0.2) is 0 Å². The monoisotopic (exact) mass is 281 g/mol. The van der Waals surface area contributed by atoms with Crippen LogP contribution >= 0.6 is 0 Å². The normalized spacial score (nSPS) is 25.3. The summed E-state index contributed by atoms with van der Waals surface area (Å²) in [4.78, 5) is 24.2. The predicted molar refractivity (Wildman–Crippen MR) is 78.1 cm³/mol. The average molecular weight is 281 g/mol. The Kier molecular flexibility index (Phi) is 4.68. The Morgan fingerprint density at radius 3 is 2.50 bits per heavy atom. The summed E-state index contributed by atoms with van der Waals surface area (Å²) in [6, 6.07) is -0.396. The van der Waals surface area contributed by atoms with Crippen LogP contribution in [0.3, 0.4) is 0 Å². The van der Waals surface area contributed by atoms with E-state index in [-0.39, 0.29) is 23.1 Å². The predicted octanol–water partition coefficient (Wildman–Crippen LogP) is 0.653. The summed E-state index contributed by atoms with van der Waals surface area (Å²) in [6.07, 6.45) is 3.84. The molecule has 1 aliphatic carbocycles. The number of carbonyl (C=O) groups is 2. The van der Waals surface area contributed by atoms with Crippen molar-refractivity contribution < 1.29 is 9.59 Å². The van der Waals surface area contributed by atoms with Gasteiger partial charge in [0.05, 0.1) is 0 Å². The molecule has 0 radical (unpaired) electrons. The van der Waals surface area contributed by atoms with E-state index in [0.29, 0.717) is 12.3 Å². The standard InChI is InChI=1S/C15H27N3O2/c1-10(2)8-12(14(20)16-3)18-13(19)11-9-15(11)4-6-17-7-5-15/h10-12,17H,4-9H2,1-3H3,(H,16,20)(H,18,19). The summed E-state index contributed by atoms with van der Waals surface area (Å²) >= 11 is 0. The van der Waals surface area contributed by atoms with Crippen LogP contribution in [0.2, 0.25) is 0 Å². The molecule has 2 rings (SSSR count). The van der Waals surface area contributed by atoms with Gasteiger partial charge >= 0.3 is 0 Å². The number of carbonyl (C=O) groups excluding carboxylic acids is 2. The Hall–Kier alpha value is -1.10. The molecule has 2 amide bonds. The van der Waals surface area contributed by atoms with Gasteiger partial charge in [-0.15, -0.1) is 0 Å². The van der Waals surface area contributed by atoms with E-state index in [2.05, 4.69) is 29.8 Å². The van der Waals surface area contributed by atoms with Gasteiger partial charge in [-0.2, -0.15) is 0 Å². The number of hydrogen-bond donors (Lipinski definition) is 3. The number of hydrogen-bond acceptors (Lipinski definition) is 3. The van der Waals surface area contributed by atoms with Gasteiger partial charge in [-0.1, -0.05) is 13.8 Å². The van der Waals surface area contributed by atoms with Gasteiger partial charge in [0.15, 0.2) is 0 Å². The van der Waals surface area contributed by atoms with Gasteiger partial charge in [0, 0.05) is 13.0 Å². The smallest absolute Gasteiger partial charge is 0.242 e. The van der Waals surface area contributed by atoms with Crippen LogP contribution in [0.15, 0.2) is 0 Å². The Bertz CT molecular complexity index is 375. The highest BCUT2D eigenvalue weighted by Gasteiger charge is 2.57. The molecule has 1 spiro atoms. The molecular weight excluding hydrogens is 254 g/mol. The van der Waals surface area contributed by atoms with Crippen LogP contribution in [-0.2, 0) is 9.59 Å². The van der Waals surface area contributed by atoms with E-state index in [4.69, 9.17) is 0 Å². The third-order valence-corrected chi connectivity index (χ3v) is 4.69. The van der Waals surface area contributed by atoms with Crippen molar-refractivity contribution in [3.05, 3.63) is 0 Å². The molecule has 0 aromatic carbocycles. The molecule has 1 saturated carbocycles. The van der Waals surface area contributed by atoms with Crippen molar-refractivity contribution in [2.45, 2.75) is 45.6 Å². The van der Waals surface area contributed by atoms with Crippen molar-refractivity contribution in [2.24, 2.45) is 17.3 Å². The summed E-state index contributed by atoms with van der Waals surface area (Å²) in [5, 5.41) is 8.94. The largest absolute Gasteiger partial charge is 0.357 e. The van der Waals surface area contributed by atoms with Crippen LogP contribution in [0, 0.1) is 17.3 Å². The van der Waals surface area contributed by atoms with Crippen LogP contribution in [0.1, 0.15) is 39.5 Å². The molecule has 3 N–H and O–H groups in total. The van der Waals surface area contributed by atoms with Crippen molar-refractivity contribution in [3.63, 3.8) is 0 Å². The molecule has 5 nitrogen and oxygen atoms in total. The number of rotatable bonds is 5. The second-order valence-corrected chi connectivity index (χ2v) is 6.67. The van der Waals surface area contributed by atoms with E-state index in [1.165, 1.54) is 0 Å². The summed E-state index contributed by atoms with van der Waals surface area (Å²) in [5.41, 5.74) is 0.223. The Balaban J connectivity index is 1.90. The maximum Gasteiger partial charge on any atom is 0.242 e. The fraction of sp³-hybridized carbons (Fsp3) is 0.867. The molecule has 2 unspecified atom stereocenters. The molecule has 0 bridgehead atoms. The minimum absolute atomic E-state index is 0.0705. The molecule has 2 aliphatic rings. The maximum atomic E-state index is 12.4. The summed E-state index contributed by atoms with van der Waals surface area (Å²) in [7, 11) is 1.62. The first-order valence-corrected chi connectivity index (χ1v) is 7.71. The zero-order valence-electron chi connectivity index (χ0n) is 12.8. The molecule has 114 valence electrons. The first-order chi connectivity index (χ1) is 9.48. The molecule has 1 heterocycles. The first-order valence-electron chi connectivity index (χ1n) is 7.71. The minimum Gasteiger partial charge on any atom is -0.357 e. The lowest BCUT2D eigenvalue weighted by Crippen LogP contribution is -2.47. The summed E-state index contributed by atoms with van der Waals surface area (Å²) in [5.74, 6) is 0.474. The van der Waals surface area contributed by atoms with E-state index in [1.807, 2.05) is 0 Å². The van der Waals surface area contributed by atoms with Gasteiger partial charge in [0.25, 0.3) is 0 Å². The van der Waals surface area contributed by atoms with Crippen LogP contribution in [0.4, 0.5) is 0 Å².